The van der Waals surface area contributed by atoms with Crippen LogP contribution in [0.1, 0.15) is 16.7 Å². The van der Waals surface area contributed by atoms with Crippen molar-refractivity contribution in [1.82, 2.24) is 9.55 Å². The van der Waals surface area contributed by atoms with Crippen LogP contribution in [0.2, 0.25) is 0 Å². The van der Waals surface area contributed by atoms with Gasteiger partial charge in [-0.05, 0) is 90.0 Å². The van der Waals surface area contributed by atoms with Crippen LogP contribution in [-0.4, -0.2) is 9.55 Å². The summed E-state index contributed by atoms with van der Waals surface area (Å²) in [6, 6.07) is 47.8. The number of rotatable bonds is 5. The van der Waals surface area contributed by atoms with Gasteiger partial charge in [-0.15, -0.1) is 11.3 Å². The number of thiazole rings is 1. The largest absolute Gasteiger partial charge is 0.297 e. The van der Waals surface area contributed by atoms with E-state index in [1.807, 2.05) is 0 Å². The third kappa shape index (κ3) is 4.65. The van der Waals surface area contributed by atoms with Crippen molar-refractivity contribution in [2.24, 2.45) is 7.05 Å². The number of para-hydroxylation sites is 2. The number of aryl methyl sites for hydroxylation is 4. The molecule has 0 N–H and O–H groups in total. The van der Waals surface area contributed by atoms with Gasteiger partial charge in [-0.25, -0.2) is 9.55 Å². The highest BCUT2D eigenvalue weighted by molar-refractivity contribution is 7.21. The number of hydrogen-bond donors (Lipinski definition) is 0. The molecule has 4 heteroatoms. The van der Waals surface area contributed by atoms with Gasteiger partial charge in [0, 0.05) is 5.56 Å². The standard InChI is InChI=1S/C42H34N3S/c1-27-19-24-37-40(43-41(46-37)38-28(2)25-33(26-29(38)3)31-15-9-6-10-16-31)39(27)42-44(4)35-17-11-12-18-36(35)45(42)34-22-20-32(21-23-34)30-13-7-5-8-14-30/h5-26H,1-4H3/q+1. The maximum atomic E-state index is 5.44. The first kappa shape index (κ1) is 28.2. The molecule has 0 bridgehead atoms. The number of imidazole rings is 1. The molecule has 0 fully saturated rings. The molecule has 6 aromatic carbocycles. The molecule has 0 aliphatic carbocycles. The molecule has 0 atom stereocenters. The van der Waals surface area contributed by atoms with E-state index in [0.717, 1.165) is 22.0 Å². The van der Waals surface area contributed by atoms with Crippen molar-refractivity contribution < 1.29 is 4.57 Å². The zero-order valence-corrected chi connectivity index (χ0v) is 27.3. The van der Waals surface area contributed by atoms with Crippen molar-refractivity contribution in [3.63, 3.8) is 0 Å². The fourth-order valence-electron chi connectivity index (χ4n) is 6.87. The predicted octanol–water partition coefficient (Wildman–Crippen LogP) is 10.7. The van der Waals surface area contributed by atoms with E-state index in [2.05, 4.69) is 170 Å². The molecule has 0 amide bonds. The maximum absolute atomic E-state index is 5.44. The molecule has 0 spiro atoms. The Bertz CT molecular complexity index is 2360. The summed E-state index contributed by atoms with van der Waals surface area (Å²) in [6.07, 6.45) is 0. The quantitative estimate of drug-likeness (QED) is 0.177. The lowest BCUT2D eigenvalue weighted by atomic mass is 9.96. The number of aromatic nitrogens is 3. The first-order valence-corrected chi connectivity index (χ1v) is 16.5. The number of benzene rings is 6. The maximum Gasteiger partial charge on any atom is 0.297 e. The number of hydrogen-bond acceptors (Lipinski definition) is 2. The molecule has 3 nitrogen and oxygen atoms in total. The summed E-state index contributed by atoms with van der Waals surface area (Å²) in [6.45, 7) is 6.63. The average molecular weight is 613 g/mol. The molecule has 2 heterocycles. The third-order valence-corrected chi connectivity index (χ3v) is 10.1. The van der Waals surface area contributed by atoms with E-state index in [-0.39, 0.29) is 0 Å². The van der Waals surface area contributed by atoms with Gasteiger partial charge in [0.25, 0.3) is 5.82 Å². The fourth-order valence-corrected chi connectivity index (χ4v) is 8.02. The zero-order valence-electron chi connectivity index (χ0n) is 26.5. The summed E-state index contributed by atoms with van der Waals surface area (Å²) in [7, 11) is 2.18. The minimum atomic E-state index is 1.05. The van der Waals surface area contributed by atoms with Crippen molar-refractivity contribution in [3.8, 4) is 49.9 Å². The van der Waals surface area contributed by atoms with E-state index in [4.69, 9.17) is 4.98 Å². The van der Waals surface area contributed by atoms with Gasteiger partial charge in [-0.2, -0.15) is 4.57 Å². The smallest absolute Gasteiger partial charge is 0.235 e. The van der Waals surface area contributed by atoms with Crippen LogP contribution in [0.25, 0.3) is 71.2 Å². The average Bonchev–Trinajstić information content (AvgIpc) is 3.64. The van der Waals surface area contributed by atoms with Crippen molar-refractivity contribution in [2.75, 3.05) is 0 Å². The topological polar surface area (TPSA) is 21.7 Å². The van der Waals surface area contributed by atoms with E-state index in [9.17, 15) is 0 Å². The molecule has 0 unspecified atom stereocenters. The van der Waals surface area contributed by atoms with Crippen LogP contribution in [0.15, 0.2) is 133 Å². The Hall–Kier alpha value is -5.32. The molecular formula is C42H34N3S+. The highest BCUT2D eigenvalue weighted by Crippen LogP contribution is 2.41. The van der Waals surface area contributed by atoms with Gasteiger partial charge < -0.3 is 0 Å². The molecule has 46 heavy (non-hydrogen) atoms. The van der Waals surface area contributed by atoms with Gasteiger partial charge in [0.2, 0.25) is 0 Å². The Morgan fingerprint density at radius 2 is 1.15 bits per heavy atom. The van der Waals surface area contributed by atoms with Crippen molar-refractivity contribution in [1.29, 1.82) is 0 Å². The van der Waals surface area contributed by atoms with Crippen LogP contribution < -0.4 is 4.57 Å². The molecule has 8 aromatic rings. The molecular weight excluding hydrogens is 579 g/mol. The Balaban J connectivity index is 1.32. The Kier molecular flexibility index (Phi) is 6.88. The highest BCUT2D eigenvalue weighted by Gasteiger charge is 2.30. The van der Waals surface area contributed by atoms with Crippen LogP contribution in [-0.2, 0) is 7.05 Å². The summed E-state index contributed by atoms with van der Waals surface area (Å²) >= 11 is 1.78. The van der Waals surface area contributed by atoms with Crippen LogP contribution in [0.3, 0.4) is 0 Å². The molecule has 2 aromatic heterocycles. The van der Waals surface area contributed by atoms with E-state index in [1.165, 1.54) is 65.8 Å². The molecule has 0 aliphatic heterocycles. The predicted molar refractivity (Wildman–Crippen MR) is 194 cm³/mol. The van der Waals surface area contributed by atoms with Gasteiger partial charge in [0.05, 0.1) is 22.8 Å². The first-order chi connectivity index (χ1) is 22.5. The number of nitrogens with zero attached hydrogens (tertiary/aromatic N) is 3. The van der Waals surface area contributed by atoms with Crippen LogP contribution >= 0.6 is 11.3 Å². The second kappa shape index (κ2) is 11.2. The van der Waals surface area contributed by atoms with Crippen molar-refractivity contribution in [2.45, 2.75) is 20.8 Å². The van der Waals surface area contributed by atoms with Crippen molar-refractivity contribution in [3.05, 3.63) is 150 Å². The van der Waals surface area contributed by atoms with Crippen LogP contribution in [0.4, 0.5) is 0 Å². The van der Waals surface area contributed by atoms with Gasteiger partial charge >= 0.3 is 0 Å². The molecule has 0 aliphatic rings. The Morgan fingerprint density at radius 3 is 1.83 bits per heavy atom. The lowest BCUT2D eigenvalue weighted by molar-refractivity contribution is -0.633. The molecule has 222 valence electrons. The lowest BCUT2D eigenvalue weighted by Crippen LogP contribution is -2.30. The Labute approximate surface area is 273 Å². The van der Waals surface area contributed by atoms with Gasteiger partial charge in [0.1, 0.15) is 10.7 Å². The van der Waals surface area contributed by atoms with E-state index in [0.29, 0.717) is 0 Å². The van der Waals surface area contributed by atoms with Crippen LogP contribution in [0, 0.1) is 20.8 Å². The summed E-state index contributed by atoms with van der Waals surface area (Å²) < 4.78 is 5.92. The second-order valence-corrected chi connectivity index (χ2v) is 13.1. The molecule has 0 saturated carbocycles. The zero-order chi connectivity index (χ0) is 31.4. The Morgan fingerprint density at radius 1 is 0.565 bits per heavy atom. The first-order valence-electron chi connectivity index (χ1n) is 15.7. The van der Waals surface area contributed by atoms with Gasteiger partial charge in [0.15, 0.2) is 11.0 Å². The van der Waals surface area contributed by atoms with E-state index in [1.54, 1.807) is 11.3 Å². The number of fused-ring (bicyclic) bond motifs is 2. The third-order valence-electron chi connectivity index (χ3n) is 9.09. The summed E-state index contributed by atoms with van der Waals surface area (Å²) in [5, 5.41) is 1.06. The lowest BCUT2D eigenvalue weighted by Gasteiger charge is -2.11. The normalized spacial score (nSPS) is 11.5. The summed E-state index contributed by atoms with van der Waals surface area (Å²) in [5.74, 6) is 1.13. The molecule has 0 saturated heterocycles. The monoisotopic (exact) mass is 612 g/mol. The second-order valence-electron chi connectivity index (χ2n) is 12.1. The molecule has 0 radical (unpaired) electrons. The van der Waals surface area contributed by atoms with Gasteiger partial charge in [-0.1, -0.05) is 103 Å². The minimum absolute atomic E-state index is 1.05. The minimum Gasteiger partial charge on any atom is -0.235 e. The van der Waals surface area contributed by atoms with E-state index >= 15 is 0 Å². The highest BCUT2D eigenvalue weighted by atomic mass is 32.1. The summed E-state index contributed by atoms with van der Waals surface area (Å²) in [4.78, 5) is 5.44. The van der Waals surface area contributed by atoms with Gasteiger partial charge in [-0.3, -0.25) is 0 Å². The SMILES string of the molecule is Cc1cc(-c2ccccc2)cc(C)c1-c1nc2c(-c3n(-c4ccc(-c5ccccc5)cc4)c4ccccc4[n+]3C)c(C)ccc2s1. The fraction of sp³-hybridized carbons (Fsp3) is 0.0952. The van der Waals surface area contributed by atoms with Crippen molar-refractivity contribution >= 4 is 32.6 Å². The summed E-state index contributed by atoms with van der Waals surface area (Å²) in [5.41, 5.74) is 15.5. The molecule has 8 rings (SSSR count). The van der Waals surface area contributed by atoms with Crippen LogP contribution in [0.5, 0.6) is 0 Å². The van der Waals surface area contributed by atoms with E-state index < -0.39 is 0 Å².